The summed E-state index contributed by atoms with van der Waals surface area (Å²) in [6, 6.07) is 17.6. The lowest BCUT2D eigenvalue weighted by Gasteiger charge is -2.20. The van der Waals surface area contributed by atoms with E-state index in [0.717, 1.165) is 16.8 Å². The molecule has 1 atom stereocenters. The second-order valence-electron chi connectivity index (χ2n) is 6.66. The summed E-state index contributed by atoms with van der Waals surface area (Å²) in [6.07, 6.45) is 2.19. The number of aryl methyl sites for hydroxylation is 1. The van der Waals surface area contributed by atoms with Crippen LogP contribution in [0.25, 0.3) is 0 Å². The van der Waals surface area contributed by atoms with Crippen molar-refractivity contribution in [1.82, 2.24) is 4.90 Å². The lowest BCUT2D eigenvalue weighted by atomic mass is 10.1. The van der Waals surface area contributed by atoms with Gasteiger partial charge in [0.1, 0.15) is 0 Å². The van der Waals surface area contributed by atoms with Crippen LogP contribution < -0.4 is 0 Å². The molecule has 3 rings (SSSR count). The van der Waals surface area contributed by atoms with Crippen molar-refractivity contribution >= 4 is 11.8 Å². The molecule has 2 aromatic carbocycles. The van der Waals surface area contributed by atoms with Crippen molar-refractivity contribution in [2.75, 3.05) is 13.7 Å². The number of hydrogen-bond donors (Lipinski definition) is 0. The van der Waals surface area contributed by atoms with Crippen LogP contribution in [0, 0.1) is 12.8 Å². The second kappa shape index (κ2) is 8.00. The summed E-state index contributed by atoms with van der Waals surface area (Å²) < 4.78 is 4.91. The first-order chi connectivity index (χ1) is 12.6. The molecule has 1 fully saturated rings. The Bertz CT molecular complexity index is 809. The fraction of sp³-hybridized carbons (Fsp3) is 0.273. The monoisotopic (exact) mass is 349 g/mol. The first kappa shape index (κ1) is 17.9. The molecule has 134 valence electrons. The van der Waals surface area contributed by atoms with E-state index >= 15 is 0 Å². The molecular weight excluding hydrogens is 326 g/mol. The van der Waals surface area contributed by atoms with Gasteiger partial charge in [-0.1, -0.05) is 60.2 Å². The van der Waals surface area contributed by atoms with Crippen molar-refractivity contribution in [3.8, 4) is 0 Å². The molecule has 0 spiro atoms. The number of esters is 1. The van der Waals surface area contributed by atoms with E-state index in [2.05, 4.69) is 4.90 Å². The van der Waals surface area contributed by atoms with Gasteiger partial charge in [0.15, 0.2) is 5.78 Å². The fourth-order valence-electron chi connectivity index (χ4n) is 3.23. The smallest absolute Gasteiger partial charge is 0.310 e. The Morgan fingerprint density at radius 1 is 1.12 bits per heavy atom. The average molecular weight is 349 g/mol. The molecule has 0 amide bonds. The van der Waals surface area contributed by atoms with Gasteiger partial charge in [0, 0.05) is 36.8 Å². The Balaban J connectivity index is 1.83. The van der Waals surface area contributed by atoms with Crippen molar-refractivity contribution in [2.45, 2.75) is 19.9 Å². The molecule has 1 unspecified atom stereocenters. The maximum atomic E-state index is 12.6. The summed E-state index contributed by atoms with van der Waals surface area (Å²) in [4.78, 5) is 26.7. The minimum Gasteiger partial charge on any atom is -0.469 e. The zero-order valence-electron chi connectivity index (χ0n) is 15.1. The van der Waals surface area contributed by atoms with Crippen LogP contribution in [0.5, 0.6) is 0 Å². The van der Waals surface area contributed by atoms with E-state index in [1.807, 2.05) is 61.5 Å². The molecule has 1 aliphatic rings. The van der Waals surface area contributed by atoms with Crippen LogP contribution in [0.1, 0.15) is 27.9 Å². The highest BCUT2D eigenvalue weighted by atomic mass is 16.5. The van der Waals surface area contributed by atoms with Gasteiger partial charge >= 0.3 is 5.97 Å². The SMILES string of the molecule is COC(=O)C1C/C(=C/C(=O)c2ccc(C)cc2)N(Cc2ccccc2)C1. The Morgan fingerprint density at radius 3 is 2.46 bits per heavy atom. The number of ether oxygens (including phenoxy) is 1. The number of carbonyl (C=O) groups is 2. The van der Waals surface area contributed by atoms with Crippen LogP contribution in [-0.2, 0) is 16.1 Å². The Morgan fingerprint density at radius 2 is 1.81 bits per heavy atom. The third-order valence-electron chi connectivity index (χ3n) is 4.69. The molecule has 0 radical (unpaired) electrons. The number of allylic oxidation sites excluding steroid dienone is 2. The summed E-state index contributed by atoms with van der Waals surface area (Å²) in [5.41, 5.74) is 3.80. The Hall–Kier alpha value is -2.88. The summed E-state index contributed by atoms with van der Waals surface area (Å²) in [5.74, 6) is -0.501. The molecule has 0 N–H and O–H groups in total. The summed E-state index contributed by atoms with van der Waals surface area (Å²) >= 11 is 0. The third kappa shape index (κ3) is 4.20. The van der Waals surface area contributed by atoms with Gasteiger partial charge in [0.25, 0.3) is 0 Å². The van der Waals surface area contributed by atoms with Crippen LogP contribution >= 0.6 is 0 Å². The van der Waals surface area contributed by atoms with E-state index < -0.39 is 0 Å². The van der Waals surface area contributed by atoms with Crippen molar-refractivity contribution in [3.63, 3.8) is 0 Å². The number of rotatable bonds is 5. The molecule has 0 aromatic heterocycles. The standard InChI is InChI=1S/C22H23NO3/c1-16-8-10-18(11-9-16)21(24)13-20-12-19(22(25)26-2)15-23(20)14-17-6-4-3-5-7-17/h3-11,13,19H,12,14-15H2,1-2H3/b20-13-. The zero-order chi connectivity index (χ0) is 18.5. The van der Waals surface area contributed by atoms with Gasteiger partial charge in [0.05, 0.1) is 13.0 Å². The van der Waals surface area contributed by atoms with Crippen LogP contribution in [0.4, 0.5) is 0 Å². The number of hydrogen-bond acceptors (Lipinski definition) is 4. The Kier molecular flexibility index (Phi) is 5.52. The third-order valence-corrected chi connectivity index (χ3v) is 4.69. The minimum absolute atomic E-state index is 0.0384. The van der Waals surface area contributed by atoms with Crippen LogP contribution in [0.15, 0.2) is 66.4 Å². The maximum Gasteiger partial charge on any atom is 0.310 e. The largest absolute Gasteiger partial charge is 0.469 e. The topological polar surface area (TPSA) is 46.6 Å². The van der Waals surface area contributed by atoms with Gasteiger partial charge in [-0.25, -0.2) is 0 Å². The summed E-state index contributed by atoms with van der Waals surface area (Å²) in [5, 5.41) is 0. The van der Waals surface area contributed by atoms with Crippen LogP contribution in [-0.4, -0.2) is 30.3 Å². The lowest BCUT2D eigenvalue weighted by Crippen LogP contribution is -2.23. The van der Waals surface area contributed by atoms with Crippen LogP contribution in [0.2, 0.25) is 0 Å². The van der Waals surface area contributed by atoms with Crippen molar-refractivity contribution in [3.05, 3.63) is 83.1 Å². The number of likely N-dealkylation sites (tertiary alicyclic amines) is 1. The average Bonchev–Trinajstić information content (AvgIpc) is 3.04. The van der Waals surface area contributed by atoms with Gasteiger partial charge in [-0.05, 0) is 12.5 Å². The van der Waals surface area contributed by atoms with E-state index in [4.69, 9.17) is 4.74 Å². The van der Waals surface area contributed by atoms with E-state index in [1.54, 1.807) is 6.08 Å². The molecule has 0 bridgehead atoms. The van der Waals surface area contributed by atoms with Crippen molar-refractivity contribution < 1.29 is 14.3 Å². The quantitative estimate of drug-likeness (QED) is 0.468. The van der Waals surface area contributed by atoms with Gasteiger partial charge < -0.3 is 9.64 Å². The molecule has 1 heterocycles. The van der Waals surface area contributed by atoms with Gasteiger partial charge in [0.2, 0.25) is 0 Å². The molecule has 26 heavy (non-hydrogen) atoms. The van der Waals surface area contributed by atoms with E-state index in [9.17, 15) is 9.59 Å². The zero-order valence-corrected chi connectivity index (χ0v) is 15.1. The predicted molar refractivity (Wildman–Crippen MR) is 101 cm³/mol. The van der Waals surface area contributed by atoms with E-state index in [-0.39, 0.29) is 17.7 Å². The highest BCUT2D eigenvalue weighted by Crippen LogP contribution is 2.29. The molecule has 4 nitrogen and oxygen atoms in total. The molecule has 0 saturated carbocycles. The molecule has 1 saturated heterocycles. The second-order valence-corrected chi connectivity index (χ2v) is 6.66. The van der Waals surface area contributed by atoms with Crippen LogP contribution in [0.3, 0.4) is 0 Å². The number of ketones is 1. The van der Waals surface area contributed by atoms with Crippen molar-refractivity contribution in [1.29, 1.82) is 0 Å². The normalized spacial score (nSPS) is 18.2. The number of carbonyl (C=O) groups excluding carboxylic acids is 2. The highest BCUT2D eigenvalue weighted by Gasteiger charge is 2.32. The lowest BCUT2D eigenvalue weighted by molar-refractivity contribution is -0.144. The van der Waals surface area contributed by atoms with Gasteiger partial charge in [-0.15, -0.1) is 0 Å². The van der Waals surface area contributed by atoms with E-state index in [0.29, 0.717) is 25.1 Å². The maximum absolute atomic E-state index is 12.6. The molecule has 1 aliphatic heterocycles. The number of benzene rings is 2. The van der Waals surface area contributed by atoms with Crippen molar-refractivity contribution in [2.24, 2.45) is 5.92 Å². The predicted octanol–water partition coefficient (Wildman–Crippen LogP) is 3.76. The highest BCUT2D eigenvalue weighted by molar-refractivity contribution is 6.05. The molecule has 2 aromatic rings. The number of methoxy groups -OCH3 is 1. The summed E-state index contributed by atoms with van der Waals surface area (Å²) in [6.45, 7) is 3.22. The first-order valence-corrected chi connectivity index (χ1v) is 8.75. The van der Waals surface area contributed by atoms with Gasteiger partial charge in [-0.2, -0.15) is 0 Å². The fourth-order valence-corrected chi connectivity index (χ4v) is 3.23. The molecule has 0 aliphatic carbocycles. The summed E-state index contributed by atoms with van der Waals surface area (Å²) in [7, 11) is 1.41. The number of nitrogens with zero attached hydrogens (tertiary/aromatic N) is 1. The Labute approximate surface area is 154 Å². The van der Waals surface area contributed by atoms with E-state index in [1.165, 1.54) is 7.11 Å². The van der Waals surface area contributed by atoms with Gasteiger partial charge in [-0.3, -0.25) is 9.59 Å². The minimum atomic E-state index is -0.235. The molecular formula is C22H23NO3. The molecule has 4 heteroatoms. The first-order valence-electron chi connectivity index (χ1n) is 8.75.